The maximum absolute atomic E-state index is 13.7. The molecular weight excluding hydrogens is 360 g/mol. The van der Waals surface area contributed by atoms with Crippen LogP contribution >= 0.6 is 0 Å². The van der Waals surface area contributed by atoms with E-state index >= 15 is 0 Å². The molecule has 3 aromatic rings. The number of carbonyl (C=O) groups is 2. The van der Waals surface area contributed by atoms with Gasteiger partial charge < -0.3 is 9.80 Å². The second-order valence-electron chi connectivity index (χ2n) is 7.58. The molecule has 2 heterocycles. The molecule has 0 bridgehead atoms. The molecule has 0 atom stereocenters. The minimum Gasteiger partial charge on any atom is -0.311 e. The smallest absolute Gasteiger partial charge is 0.244 e. The molecule has 0 spiro atoms. The van der Waals surface area contributed by atoms with E-state index in [1.54, 1.807) is 9.80 Å². The maximum Gasteiger partial charge on any atom is 0.244 e. The van der Waals surface area contributed by atoms with Gasteiger partial charge in [-0.2, -0.15) is 0 Å². The van der Waals surface area contributed by atoms with Gasteiger partial charge in [-0.25, -0.2) is 0 Å². The summed E-state index contributed by atoms with van der Waals surface area (Å²) in [6.45, 7) is 1.23. The number of amides is 2. The van der Waals surface area contributed by atoms with Gasteiger partial charge in [0.25, 0.3) is 0 Å². The third kappa shape index (κ3) is 3.01. The summed E-state index contributed by atoms with van der Waals surface area (Å²) >= 11 is 0. The first kappa shape index (κ1) is 17.7. The summed E-state index contributed by atoms with van der Waals surface area (Å²) < 4.78 is 0. The van der Waals surface area contributed by atoms with Crippen molar-refractivity contribution in [2.24, 2.45) is 0 Å². The molecule has 2 amide bonds. The molecule has 0 saturated heterocycles. The molecule has 2 aliphatic rings. The van der Waals surface area contributed by atoms with Crippen LogP contribution in [0.25, 0.3) is 0 Å². The average molecular weight is 382 g/mol. The highest BCUT2D eigenvalue weighted by molar-refractivity contribution is 6.17. The summed E-state index contributed by atoms with van der Waals surface area (Å²) in [6, 6.07) is 25.4. The van der Waals surface area contributed by atoms with Crippen LogP contribution in [0.5, 0.6) is 0 Å². The van der Waals surface area contributed by atoms with E-state index in [9.17, 15) is 9.59 Å². The highest BCUT2D eigenvalue weighted by atomic mass is 16.2. The van der Waals surface area contributed by atoms with Gasteiger partial charge in [-0.3, -0.25) is 9.59 Å². The molecule has 144 valence electrons. The number of fused-ring (bicyclic) bond motifs is 2. The van der Waals surface area contributed by atoms with Crippen LogP contribution in [0.15, 0.2) is 78.9 Å². The number of carbonyl (C=O) groups excluding carboxylic acids is 2. The van der Waals surface area contributed by atoms with E-state index in [4.69, 9.17) is 0 Å². The summed E-state index contributed by atoms with van der Waals surface area (Å²) in [7, 11) is 0. The summed E-state index contributed by atoms with van der Waals surface area (Å²) in [4.78, 5) is 31.0. The normalized spacial score (nSPS) is 14.8. The lowest BCUT2D eigenvalue weighted by atomic mass is 9.95. The minimum absolute atomic E-state index is 0.143. The van der Waals surface area contributed by atoms with E-state index < -0.39 is 5.92 Å². The van der Waals surface area contributed by atoms with E-state index in [0.29, 0.717) is 13.1 Å². The Morgan fingerprint density at radius 3 is 1.59 bits per heavy atom. The van der Waals surface area contributed by atoms with Crippen molar-refractivity contribution in [3.05, 3.63) is 95.6 Å². The molecule has 4 nitrogen and oxygen atoms in total. The second kappa shape index (κ2) is 7.21. The van der Waals surface area contributed by atoms with Gasteiger partial charge in [0.15, 0.2) is 0 Å². The van der Waals surface area contributed by atoms with Crippen LogP contribution in [-0.2, 0) is 22.4 Å². The van der Waals surface area contributed by atoms with Gasteiger partial charge in [-0.05, 0) is 41.7 Å². The minimum atomic E-state index is -0.839. The Balaban J connectivity index is 1.53. The monoisotopic (exact) mass is 382 g/mol. The number of benzene rings is 3. The summed E-state index contributed by atoms with van der Waals surface area (Å²) in [6.07, 6.45) is 1.65. The maximum atomic E-state index is 13.7. The molecule has 3 aromatic carbocycles. The molecule has 0 saturated carbocycles. The number of nitrogens with zero attached hydrogens (tertiary/aromatic N) is 2. The van der Waals surface area contributed by atoms with Gasteiger partial charge in [0.2, 0.25) is 11.8 Å². The Labute approximate surface area is 170 Å². The first-order valence-electron chi connectivity index (χ1n) is 10.1. The van der Waals surface area contributed by atoms with Crippen LogP contribution in [0.1, 0.15) is 22.6 Å². The molecule has 0 fully saturated rings. The first-order chi connectivity index (χ1) is 14.2. The molecule has 0 aromatic heterocycles. The Bertz CT molecular complexity index is 1010. The van der Waals surface area contributed by atoms with Crippen LogP contribution in [-0.4, -0.2) is 24.9 Å². The fourth-order valence-corrected chi connectivity index (χ4v) is 4.48. The molecular formula is C25H22N2O2. The summed E-state index contributed by atoms with van der Waals surface area (Å²) in [5, 5.41) is 0. The van der Waals surface area contributed by atoms with Crippen molar-refractivity contribution in [2.75, 3.05) is 22.9 Å². The molecule has 0 N–H and O–H groups in total. The third-order valence-electron chi connectivity index (χ3n) is 5.93. The average Bonchev–Trinajstić information content (AvgIpc) is 3.39. The van der Waals surface area contributed by atoms with E-state index in [1.165, 1.54) is 0 Å². The van der Waals surface area contributed by atoms with Crippen molar-refractivity contribution >= 4 is 23.2 Å². The zero-order chi connectivity index (χ0) is 19.8. The number of para-hydroxylation sites is 2. The van der Waals surface area contributed by atoms with E-state index in [2.05, 4.69) is 12.1 Å². The molecule has 2 aliphatic heterocycles. The molecule has 4 heteroatoms. The zero-order valence-electron chi connectivity index (χ0n) is 16.1. The number of hydrogen-bond acceptors (Lipinski definition) is 2. The SMILES string of the molecule is O=C(C(C(=O)N1CCc2ccccc21)c1ccccc1)N1CCc2ccccc21. The Morgan fingerprint density at radius 1 is 0.621 bits per heavy atom. The van der Waals surface area contributed by atoms with Crippen molar-refractivity contribution < 1.29 is 9.59 Å². The van der Waals surface area contributed by atoms with Crippen LogP contribution in [0.3, 0.4) is 0 Å². The van der Waals surface area contributed by atoms with Gasteiger partial charge in [0.05, 0.1) is 0 Å². The third-order valence-corrected chi connectivity index (χ3v) is 5.93. The van der Waals surface area contributed by atoms with Gasteiger partial charge in [0.1, 0.15) is 5.92 Å². The lowest BCUT2D eigenvalue weighted by Crippen LogP contribution is -2.43. The lowest BCUT2D eigenvalue weighted by molar-refractivity contribution is -0.128. The largest absolute Gasteiger partial charge is 0.311 e. The Morgan fingerprint density at radius 2 is 1.07 bits per heavy atom. The number of hydrogen-bond donors (Lipinski definition) is 0. The predicted molar refractivity (Wildman–Crippen MR) is 114 cm³/mol. The predicted octanol–water partition coefficient (Wildman–Crippen LogP) is 3.95. The van der Waals surface area contributed by atoms with Crippen molar-refractivity contribution in [1.29, 1.82) is 0 Å². The number of rotatable bonds is 3. The molecule has 5 rings (SSSR count). The van der Waals surface area contributed by atoms with Gasteiger partial charge in [-0.1, -0.05) is 66.7 Å². The van der Waals surface area contributed by atoms with Crippen molar-refractivity contribution in [3.8, 4) is 0 Å². The summed E-state index contributed by atoms with van der Waals surface area (Å²) in [5.41, 5.74) is 4.91. The van der Waals surface area contributed by atoms with E-state index in [-0.39, 0.29) is 11.8 Å². The Hall–Kier alpha value is -3.40. The van der Waals surface area contributed by atoms with E-state index in [1.807, 2.05) is 66.7 Å². The zero-order valence-corrected chi connectivity index (χ0v) is 16.1. The van der Waals surface area contributed by atoms with Crippen LogP contribution < -0.4 is 9.80 Å². The fraction of sp³-hybridized carbons (Fsp3) is 0.200. The van der Waals surface area contributed by atoms with Crippen molar-refractivity contribution in [2.45, 2.75) is 18.8 Å². The lowest BCUT2D eigenvalue weighted by Gasteiger charge is -2.27. The molecule has 29 heavy (non-hydrogen) atoms. The first-order valence-corrected chi connectivity index (χ1v) is 10.1. The topological polar surface area (TPSA) is 40.6 Å². The Kier molecular flexibility index (Phi) is 4.39. The van der Waals surface area contributed by atoms with Crippen LogP contribution in [0, 0.1) is 0 Å². The van der Waals surface area contributed by atoms with Crippen LogP contribution in [0.2, 0.25) is 0 Å². The highest BCUT2D eigenvalue weighted by Gasteiger charge is 2.39. The fourth-order valence-electron chi connectivity index (χ4n) is 4.48. The molecule has 0 radical (unpaired) electrons. The molecule has 0 aliphatic carbocycles. The molecule has 0 unspecified atom stereocenters. The van der Waals surface area contributed by atoms with Crippen molar-refractivity contribution in [1.82, 2.24) is 0 Å². The van der Waals surface area contributed by atoms with Gasteiger partial charge in [0, 0.05) is 24.5 Å². The van der Waals surface area contributed by atoms with Gasteiger partial charge >= 0.3 is 0 Å². The standard InChI is InChI=1S/C25H22N2O2/c28-24(26-16-14-18-8-4-6-12-21(18)26)23(20-10-2-1-3-11-20)25(29)27-17-15-19-9-5-7-13-22(19)27/h1-13,23H,14-17H2. The summed E-state index contributed by atoms with van der Waals surface area (Å²) in [5.74, 6) is -1.13. The van der Waals surface area contributed by atoms with Gasteiger partial charge in [-0.15, -0.1) is 0 Å². The number of anilines is 2. The van der Waals surface area contributed by atoms with E-state index in [0.717, 1.165) is 40.9 Å². The van der Waals surface area contributed by atoms with Crippen LogP contribution in [0.4, 0.5) is 11.4 Å². The second-order valence-corrected chi connectivity index (χ2v) is 7.58. The highest BCUT2D eigenvalue weighted by Crippen LogP contribution is 2.35. The quantitative estimate of drug-likeness (QED) is 0.644. The van der Waals surface area contributed by atoms with Crippen molar-refractivity contribution in [3.63, 3.8) is 0 Å².